The van der Waals surface area contributed by atoms with Crippen LogP contribution in [0.4, 0.5) is 0 Å². The summed E-state index contributed by atoms with van der Waals surface area (Å²) in [5.41, 5.74) is 1.64. The number of H-pyrrole nitrogens is 1. The molecule has 0 radical (unpaired) electrons. The van der Waals surface area contributed by atoms with E-state index >= 15 is 0 Å². The predicted octanol–water partition coefficient (Wildman–Crippen LogP) is -3.77. The molecule has 2 heterocycles. The van der Waals surface area contributed by atoms with E-state index in [0.29, 0.717) is 5.82 Å². The zero-order chi connectivity index (χ0) is 12.4. The molecule has 0 spiro atoms. The molecule has 0 atom stereocenters. The molecule has 4 nitrogen and oxygen atoms in total. The maximum atomic E-state index is 11.9. The van der Waals surface area contributed by atoms with Gasteiger partial charge in [0, 0.05) is 12.3 Å². The first-order valence-corrected chi connectivity index (χ1v) is 5.63. The average molecular weight is 415 g/mol. The summed E-state index contributed by atoms with van der Waals surface area (Å²) in [6, 6.07) is 16.7. The van der Waals surface area contributed by atoms with Crippen molar-refractivity contribution in [3.63, 3.8) is 0 Å². The van der Waals surface area contributed by atoms with Gasteiger partial charge in [-0.25, -0.2) is 9.67 Å². The average Bonchev–Trinajstić information content (AvgIpc) is 2.83. The minimum Gasteiger partial charge on any atom is -1.00 e. The summed E-state index contributed by atoms with van der Waals surface area (Å²) in [7, 11) is 0. The number of hydrogen-bond acceptors (Lipinski definition) is 2. The van der Waals surface area contributed by atoms with Crippen LogP contribution in [0.15, 0.2) is 65.6 Å². The number of pyridine rings is 1. The number of benzene rings is 1. The number of halogens is 2. The molecular weight excluding hydrogens is 403 g/mol. The van der Waals surface area contributed by atoms with Crippen LogP contribution in [0.5, 0.6) is 0 Å². The van der Waals surface area contributed by atoms with Crippen LogP contribution in [0.3, 0.4) is 0 Å². The van der Waals surface area contributed by atoms with Gasteiger partial charge >= 0.3 is 20.4 Å². The third kappa shape index (κ3) is 4.29. The number of aromatic nitrogens is 3. The Morgan fingerprint density at radius 3 is 2.24 bits per heavy atom. The molecule has 112 valence electrons. The minimum atomic E-state index is -0.118. The molecule has 0 unspecified atom stereocenters. The quantitative estimate of drug-likeness (QED) is 0.438. The topological polar surface area (TPSA) is 50.7 Å². The Hall–Kier alpha value is -1.38. The minimum absolute atomic E-state index is 0. The van der Waals surface area contributed by atoms with Crippen LogP contribution >= 0.6 is 0 Å². The smallest absolute Gasteiger partial charge is 1.00 e. The third-order valence-corrected chi connectivity index (χ3v) is 2.68. The van der Waals surface area contributed by atoms with Gasteiger partial charge in [-0.3, -0.25) is 9.89 Å². The zero-order valence-electron chi connectivity index (χ0n) is 10.6. The zero-order valence-corrected chi connectivity index (χ0v) is 13.7. The molecule has 7 heteroatoms. The van der Waals surface area contributed by atoms with E-state index in [0.717, 1.165) is 11.3 Å². The maximum Gasteiger partial charge on any atom is 2.00 e. The molecule has 0 saturated heterocycles. The van der Waals surface area contributed by atoms with Crippen molar-refractivity contribution in [1.82, 2.24) is 14.8 Å². The van der Waals surface area contributed by atoms with Gasteiger partial charge in [-0.2, -0.15) is 0 Å². The normalized spacial score (nSPS) is 8.95. The standard InChI is InChI=1S/C14H11N3O.2ClH.Pd/c18-14-10-12(11-6-2-1-3-7-11)16-17(14)13-8-4-5-9-15-13;;;/h1-10,16H;2*1H;/q;;;+2/p-2. The number of hydrogen-bond donors (Lipinski definition) is 1. The summed E-state index contributed by atoms with van der Waals surface area (Å²) in [5.74, 6) is 0.588. The molecule has 0 bridgehead atoms. The summed E-state index contributed by atoms with van der Waals surface area (Å²) >= 11 is 0. The summed E-state index contributed by atoms with van der Waals surface area (Å²) in [6.07, 6.45) is 1.66. The van der Waals surface area contributed by atoms with E-state index in [9.17, 15) is 4.79 Å². The number of nitrogens with one attached hydrogen (secondary N) is 1. The fraction of sp³-hybridized carbons (Fsp3) is 0. The fourth-order valence-electron chi connectivity index (χ4n) is 1.82. The van der Waals surface area contributed by atoms with Crippen LogP contribution in [0.25, 0.3) is 17.1 Å². The molecular formula is C14H11Cl2N3OPd. The molecule has 0 amide bonds. The van der Waals surface area contributed by atoms with E-state index in [1.807, 2.05) is 42.5 Å². The number of nitrogens with zero attached hydrogens (tertiary/aromatic N) is 2. The number of rotatable bonds is 2. The molecule has 0 fully saturated rings. The number of aromatic amines is 1. The van der Waals surface area contributed by atoms with Crippen LogP contribution in [-0.4, -0.2) is 14.8 Å². The fourth-order valence-corrected chi connectivity index (χ4v) is 1.82. The molecule has 0 saturated carbocycles. The molecule has 1 N–H and O–H groups in total. The van der Waals surface area contributed by atoms with Crippen molar-refractivity contribution in [2.45, 2.75) is 0 Å². The van der Waals surface area contributed by atoms with Crippen molar-refractivity contribution < 1.29 is 45.2 Å². The van der Waals surface area contributed by atoms with Crippen molar-refractivity contribution in [1.29, 1.82) is 0 Å². The van der Waals surface area contributed by atoms with E-state index in [1.165, 1.54) is 4.68 Å². The molecule has 0 aliphatic heterocycles. The molecule has 3 rings (SSSR count). The van der Waals surface area contributed by atoms with Crippen molar-refractivity contribution in [3.05, 3.63) is 71.1 Å². The van der Waals surface area contributed by atoms with Gasteiger partial charge in [0.05, 0.1) is 5.69 Å². The Kier molecular flexibility index (Phi) is 8.23. The van der Waals surface area contributed by atoms with Gasteiger partial charge in [-0.15, -0.1) is 0 Å². The molecule has 2 aromatic heterocycles. The molecule has 21 heavy (non-hydrogen) atoms. The second-order valence-electron chi connectivity index (χ2n) is 3.90. The van der Waals surface area contributed by atoms with E-state index in [4.69, 9.17) is 0 Å². The van der Waals surface area contributed by atoms with Gasteiger partial charge in [0.1, 0.15) is 0 Å². The van der Waals surface area contributed by atoms with Crippen LogP contribution in [0.2, 0.25) is 0 Å². The van der Waals surface area contributed by atoms with Crippen molar-refractivity contribution in [2.75, 3.05) is 0 Å². The van der Waals surface area contributed by atoms with E-state index in [2.05, 4.69) is 10.1 Å². The Bertz CT molecular complexity index is 714. The second kappa shape index (κ2) is 8.81. The summed E-state index contributed by atoms with van der Waals surface area (Å²) in [5, 5.41) is 3.06. The van der Waals surface area contributed by atoms with Gasteiger partial charge in [0.25, 0.3) is 5.56 Å². The van der Waals surface area contributed by atoms with Gasteiger partial charge in [0.2, 0.25) is 0 Å². The van der Waals surface area contributed by atoms with E-state index in [-0.39, 0.29) is 50.8 Å². The van der Waals surface area contributed by atoms with Crippen LogP contribution in [-0.2, 0) is 20.4 Å². The van der Waals surface area contributed by atoms with Gasteiger partial charge < -0.3 is 24.8 Å². The predicted molar refractivity (Wildman–Crippen MR) is 69.6 cm³/mol. The van der Waals surface area contributed by atoms with Crippen LogP contribution in [0.1, 0.15) is 0 Å². The molecule has 0 aliphatic carbocycles. The monoisotopic (exact) mass is 413 g/mol. The van der Waals surface area contributed by atoms with Crippen molar-refractivity contribution in [2.24, 2.45) is 0 Å². The maximum absolute atomic E-state index is 11.9. The van der Waals surface area contributed by atoms with Crippen LogP contribution in [0, 0.1) is 0 Å². The van der Waals surface area contributed by atoms with Gasteiger partial charge in [-0.05, 0) is 17.7 Å². The van der Waals surface area contributed by atoms with E-state index < -0.39 is 0 Å². The van der Waals surface area contributed by atoms with Gasteiger partial charge in [-0.1, -0.05) is 36.4 Å². The first-order valence-electron chi connectivity index (χ1n) is 5.63. The SMILES string of the molecule is O=c1cc(-c2ccccc2)[nH]n1-c1ccccn1.[Cl-].[Cl-].[Pd+2]. The molecule has 0 aliphatic rings. The molecule has 3 aromatic rings. The first-order chi connectivity index (χ1) is 8.84. The Balaban J connectivity index is 0.00000133. The van der Waals surface area contributed by atoms with Crippen LogP contribution < -0.4 is 30.4 Å². The summed E-state index contributed by atoms with van der Waals surface area (Å²) < 4.78 is 1.43. The van der Waals surface area contributed by atoms with Crippen molar-refractivity contribution in [3.8, 4) is 17.1 Å². The molecule has 1 aromatic carbocycles. The second-order valence-corrected chi connectivity index (χ2v) is 3.90. The Morgan fingerprint density at radius 2 is 1.62 bits per heavy atom. The summed E-state index contributed by atoms with van der Waals surface area (Å²) in [4.78, 5) is 16.1. The first kappa shape index (κ1) is 19.6. The summed E-state index contributed by atoms with van der Waals surface area (Å²) in [6.45, 7) is 0. The Labute approximate surface area is 148 Å². The van der Waals surface area contributed by atoms with Crippen molar-refractivity contribution >= 4 is 0 Å². The van der Waals surface area contributed by atoms with E-state index in [1.54, 1.807) is 18.3 Å². The van der Waals surface area contributed by atoms with Gasteiger partial charge in [0.15, 0.2) is 5.82 Å². The third-order valence-electron chi connectivity index (χ3n) is 2.68. The largest absolute Gasteiger partial charge is 2.00 e. The Morgan fingerprint density at radius 1 is 0.952 bits per heavy atom.